The van der Waals surface area contributed by atoms with Crippen molar-refractivity contribution in [2.45, 2.75) is 0 Å². The molecular weight excluding hydrogens is 214 g/mol. The van der Waals surface area contributed by atoms with E-state index in [1.165, 1.54) is 0 Å². The molecule has 2 N–H and O–H groups in total. The van der Waals surface area contributed by atoms with E-state index in [0.717, 1.165) is 9.54 Å². The van der Waals surface area contributed by atoms with E-state index in [1.54, 1.807) is 11.3 Å². The Bertz CT molecular complexity index is 201. The van der Waals surface area contributed by atoms with Crippen LogP contribution in [0.1, 0.15) is 0 Å². The molecular formula is C6H8BrNOS. The summed E-state index contributed by atoms with van der Waals surface area (Å²) in [7, 11) is 0. The average molecular weight is 222 g/mol. The Morgan fingerprint density at radius 1 is 1.70 bits per heavy atom. The maximum Gasteiger partial charge on any atom is 0.174 e. The van der Waals surface area contributed by atoms with Crippen LogP contribution in [-0.2, 0) is 0 Å². The zero-order valence-corrected chi connectivity index (χ0v) is 7.74. The van der Waals surface area contributed by atoms with E-state index >= 15 is 0 Å². The van der Waals surface area contributed by atoms with Crippen LogP contribution in [-0.4, -0.2) is 13.2 Å². The molecule has 0 unspecified atom stereocenters. The molecule has 1 aromatic rings. The average Bonchev–Trinajstić information content (AvgIpc) is 2.31. The summed E-state index contributed by atoms with van der Waals surface area (Å²) < 4.78 is 6.30. The van der Waals surface area contributed by atoms with Gasteiger partial charge in [0, 0.05) is 22.5 Å². The van der Waals surface area contributed by atoms with Crippen LogP contribution in [0.3, 0.4) is 0 Å². The van der Waals surface area contributed by atoms with Gasteiger partial charge in [-0.05, 0) is 15.9 Å². The fourth-order valence-corrected chi connectivity index (χ4v) is 1.81. The van der Waals surface area contributed by atoms with Crippen LogP contribution in [0.4, 0.5) is 0 Å². The molecule has 2 nitrogen and oxygen atoms in total. The third kappa shape index (κ3) is 2.28. The van der Waals surface area contributed by atoms with Crippen molar-refractivity contribution in [3.63, 3.8) is 0 Å². The Labute approximate surface area is 72.1 Å². The molecule has 0 bridgehead atoms. The Hall–Kier alpha value is -0.0600. The minimum Gasteiger partial charge on any atom is -0.483 e. The summed E-state index contributed by atoms with van der Waals surface area (Å²) >= 11 is 4.89. The van der Waals surface area contributed by atoms with Crippen molar-refractivity contribution in [1.82, 2.24) is 0 Å². The fourth-order valence-electron chi connectivity index (χ4n) is 0.530. The van der Waals surface area contributed by atoms with Gasteiger partial charge in [-0.1, -0.05) is 0 Å². The molecule has 0 amide bonds. The molecule has 0 saturated carbocycles. The normalized spacial score (nSPS) is 9.80. The van der Waals surface area contributed by atoms with Crippen LogP contribution in [0.5, 0.6) is 5.06 Å². The highest BCUT2D eigenvalue weighted by molar-refractivity contribution is 9.10. The summed E-state index contributed by atoms with van der Waals surface area (Å²) in [5, 5.41) is 2.89. The number of rotatable bonds is 3. The predicted octanol–water partition coefficient (Wildman–Crippen LogP) is 1.85. The van der Waals surface area contributed by atoms with Gasteiger partial charge in [0.1, 0.15) is 6.61 Å². The van der Waals surface area contributed by atoms with E-state index in [0.29, 0.717) is 13.2 Å². The van der Waals surface area contributed by atoms with Crippen molar-refractivity contribution >= 4 is 27.3 Å². The van der Waals surface area contributed by atoms with Crippen molar-refractivity contribution in [3.05, 3.63) is 15.9 Å². The van der Waals surface area contributed by atoms with E-state index in [9.17, 15) is 0 Å². The van der Waals surface area contributed by atoms with Gasteiger partial charge in [-0.15, -0.1) is 11.3 Å². The van der Waals surface area contributed by atoms with Gasteiger partial charge in [0.15, 0.2) is 5.06 Å². The van der Waals surface area contributed by atoms with Gasteiger partial charge in [0.25, 0.3) is 0 Å². The highest BCUT2D eigenvalue weighted by Crippen LogP contribution is 2.26. The SMILES string of the molecule is NCCOc1cc(Br)cs1. The van der Waals surface area contributed by atoms with Crippen LogP contribution in [0.25, 0.3) is 0 Å². The second-order valence-electron chi connectivity index (χ2n) is 1.72. The van der Waals surface area contributed by atoms with Crippen molar-refractivity contribution in [1.29, 1.82) is 0 Å². The van der Waals surface area contributed by atoms with E-state index in [4.69, 9.17) is 10.5 Å². The van der Waals surface area contributed by atoms with Gasteiger partial charge in [-0.3, -0.25) is 0 Å². The maximum absolute atomic E-state index is 5.25. The molecule has 0 aliphatic heterocycles. The number of thiophene rings is 1. The van der Waals surface area contributed by atoms with Gasteiger partial charge in [-0.25, -0.2) is 0 Å². The predicted molar refractivity (Wildman–Crippen MR) is 46.6 cm³/mol. The Morgan fingerprint density at radius 2 is 2.50 bits per heavy atom. The molecule has 1 heterocycles. The van der Waals surface area contributed by atoms with Gasteiger partial charge in [0.2, 0.25) is 0 Å². The topological polar surface area (TPSA) is 35.2 Å². The van der Waals surface area contributed by atoms with Gasteiger partial charge >= 0.3 is 0 Å². The first-order valence-electron chi connectivity index (χ1n) is 2.90. The fraction of sp³-hybridized carbons (Fsp3) is 0.333. The summed E-state index contributed by atoms with van der Waals surface area (Å²) in [5.41, 5.74) is 5.25. The van der Waals surface area contributed by atoms with Gasteiger partial charge < -0.3 is 10.5 Å². The summed E-state index contributed by atoms with van der Waals surface area (Å²) in [6.45, 7) is 1.16. The van der Waals surface area contributed by atoms with Crippen molar-refractivity contribution < 1.29 is 4.74 Å². The number of halogens is 1. The van der Waals surface area contributed by atoms with Crippen LogP contribution in [0.15, 0.2) is 15.9 Å². The number of hydrogen-bond acceptors (Lipinski definition) is 3. The lowest BCUT2D eigenvalue weighted by molar-refractivity contribution is 0.338. The monoisotopic (exact) mass is 221 g/mol. The first-order chi connectivity index (χ1) is 4.83. The van der Waals surface area contributed by atoms with Crippen LogP contribution in [0, 0.1) is 0 Å². The van der Waals surface area contributed by atoms with Crippen LogP contribution >= 0.6 is 27.3 Å². The van der Waals surface area contributed by atoms with Crippen LogP contribution in [0.2, 0.25) is 0 Å². The smallest absolute Gasteiger partial charge is 0.174 e. The first kappa shape index (κ1) is 8.04. The molecule has 0 aliphatic carbocycles. The zero-order chi connectivity index (χ0) is 7.40. The highest BCUT2D eigenvalue weighted by Gasteiger charge is 1.95. The Morgan fingerprint density at radius 3 is 3.00 bits per heavy atom. The molecule has 1 aromatic heterocycles. The maximum atomic E-state index is 5.25. The molecule has 0 radical (unpaired) electrons. The van der Waals surface area contributed by atoms with Crippen molar-refractivity contribution in [2.75, 3.05) is 13.2 Å². The molecule has 10 heavy (non-hydrogen) atoms. The summed E-state index contributed by atoms with van der Waals surface area (Å²) in [5.74, 6) is 0. The Balaban J connectivity index is 2.42. The lowest BCUT2D eigenvalue weighted by atomic mass is 10.6. The molecule has 56 valence electrons. The minimum absolute atomic E-state index is 0.565. The molecule has 0 atom stereocenters. The van der Waals surface area contributed by atoms with Crippen molar-refractivity contribution in [3.8, 4) is 5.06 Å². The van der Waals surface area contributed by atoms with Gasteiger partial charge in [0.05, 0.1) is 0 Å². The molecule has 0 aliphatic rings. The van der Waals surface area contributed by atoms with E-state index in [1.807, 2.05) is 11.4 Å². The third-order valence-corrected chi connectivity index (χ3v) is 2.51. The zero-order valence-electron chi connectivity index (χ0n) is 5.34. The standard InChI is InChI=1S/C6H8BrNOS/c7-5-3-6(10-4-5)9-2-1-8/h3-4H,1-2,8H2. The van der Waals surface area contributed by atoms with E-state index in [2.05, 4.69) is 15.9 Å². The van der Waals surface area contributed by atoms with E-state index in [-0.39, 0.29) is 0 Å². The highest BCUT2D eigenvalue weighted by atomic mass is 79.9. The third-order valence-electron chi connectivity index (χ3n) is 0.906. The molecule has 4 heteroatoms. The largest absolute Gasteiger partial charge is 0.483 e. The molecule has 0 fully saturated rings. The van der Waals surface area contributed by atoms with Crippen molar-refractivity contribution in [2.24, 2.45) is 5.73 Å². The lowest BCUT2D eigenvalue weighted by Crippen LogP contribution is -2.09. The van der Waals surface area contributed by atoms with E-state index < -0.39 is 0 Å². The number of hydrogen-bond donors (Lipinski definition) is 1. The number of ether oxygens (including phenoxy) is 1. The summed E-state index contributed by atoms with van der Waals surface area (Å²) in [6, 6.07) is 1.93. The first-order valence-corrected chi connectivity index (χ1v) is 4.57. The molecule has 0 spiro atoms. The molecule has 1 rings (SSSR count). The van der Waals surface area contributed by atoms with Gasteiger partial charge in [-0.2, -0.15) is 0 Å². The van der Waals surface area contributed by atoms with Crippen LogP contribution < -0.4 is 10.5 Å². The lowest BCUT2D eigenvalue weighted by Gasteiger charge is -1.97. The minimum atomic E-state index is 0.565. The quantitative estimate of drug-likeness (QED) is 0.846. The Kier molecular flexibility index (Phi) is 3.18. The number of nitrogens with two attached hydrogens (primary N) is 1. The molecule has 0 saturated heterocycles. The summed E-state index contributed by atoms with van der Waals surface area (Å²) in [4.78, 5) is 0. The second-order valence-corrected chi connectivity index (χ2v) is 3.51. The summed E-state index contributed by atoms with van der Waals surface area (Å²) in [6.07, 6.45) is 0. The molecule has 0 aromatic carbocycles. The second kappa shape index (κ2) is 3.95.